The number of hydrogen-bond acceptors (Lipinski definition) is 2. The average molecular weight is 345 g/mol. The van der Waals surface area contributed by atoms with Crippen molar-refractivity contribution in [2.75, 3.05) is 13.2 Å². The Kier molecular flexibility index (Phi) is 4.75. The van der Waals surface area contributed by atoms with Crippen LogP contribution >= 0.6 is 0 Å². The Bertz CT molecular complexity index is 776. The fraction of sp³-hybridized carbons (Fsp3) is 0.350. The predicted octanol–water partition coefficient (Wildman–Crippen LogP) is 3.75. The molecular formula is C20H21F2NO2. The Morgan fingerprint density at radius 1 is 1.24 bits per heavy atom. The minimum Gasteiger partial charge on any atom is -0.484 e. The summed E-state index contributed by atoms with van der Waals surface area (Å²) >= 11 is 0. The molecule has 0 bridgehead atoms. The highest BCUT2D eigenvalue weighted by molar-refractivity contribution is 5.77. The van der Waals surface area contributed by atoms with Gasteiger partial charge in [-0.3, -0.25) is 4.79 Å². The first kappa shape index (κ1) is 17.4. The number of ether oxygens (including phenoxy) is 1. The molecule has 2 aromatic rings. The molecule has 0 saturated heterocycles. The highest BCUT2D eigenvalue weighted by Gasteiger charge is 2.53. The molecule has 1 aliphatic rings. The van der Waals surface area contributed by atoms with E-state index >= 15 is 0 Å². The van der Waals surface area contributed by atoms with Gasteiger partial charge >= 0.3 is 0 Å². The smallest absolute Gasteiger partial charge is 0.257 e. The Balaban J connectivity index is 1.58. The van der Waals surface area contributed by atoms with Gasteiger partial charge in [-0.25, -0.2) is 8.78 Å². The molecule has 2 aromatic carbocycles. The van der Waals surface area contributed by atoms with Crippen LogP contribution in [-0.4, -0.2) is 19.1 Å². The summed E-state index contributed by atoms with van der Waals surface area (Å²) in [7, 11) is 0. The summed E-state index contributed by atoms with van der Waals surface area (Å²) in [5.74, 6) is -0.568. The SMILES string of the molecule is Cc1ccc(OCC(=O)NCC2(c3ccc(F)cc3F)CC2C)cc1. The zero-order chi connectivity index (χ0) is 18.0. The summed E-state index contributed by atoms with van der Waals surface area (Å²) in [6, 6.07) is 11.1. The molecule has 132 valence electrons. The molecule has 3 rings (SSSR count). The van der Waals surface area contributed by atoms with Gasteiger partial charge in [-0.1, -0.05) is 30.7 Å². The highest BCUT2D eigenvalue weighted by atomic mass is 19.1. The van der Waals surface area contributed by atoms with Crippen LogP contribution in [-0.2, 0) is 10.2 Å². The van der Waals surface area contributed by atoms with Crippen LogP contribution in [0.4, 0.5) is 8.78 Å². The number of carbonyl (C=O) groups excluding carboxylic acids is 1. The van der Waals surface area contributed by atoms with E-state index < -0.39 is 17.0 Å². The zero-order valence-electron chi connectivity index (χ0n) is 14.3. The van der Waals surface area contributed by atoms with Crippen molar-refractivity contribution in [2.24, 2.45) is 5.92 Å². The quantitative estimate of drug-likeness (QED) is 0.866. The standard InChI is InChI=1S/C20H21F2NO2/c1-13-3-6-16(7-4-13)25-11-19(24)23-12-20(10-14(20)2)17-8-5-15(21)9-18(17)22/h3-9,14H,10-12H2,1-2H3,(H,23,24). The molecule has 25 heavy (non-hydrogen) atoms. The Morgan fingerprint density at radius 3 is 2.52 bits per heavy atom. The normalized spacial score (nSPS) is 21.7. The van der Waals surface area contributed by atoms with E-state index in [0.717, 1.165) is 18.1 Å². The third-order valence-corrected chi connectivity index (χ3v) is 4.91. The highest BCUT2D eigenvalue weighted by Crippen LogP contribution is 2.54. The lowest BCUT2D eigenvalue weighted by atomic mass is 9.92. The van der Waals surface area contributed by atoms with Crippen molar-refractivity contribution in [1.29, 1.82) is 0 Å². The van der Waals surface area contributed by atoms with Gasteiger partial charge in [-0.05, 0) is 43.0 Å². The second-order valence-electron chi connectivity index (χ2n) is 6.76. The van der Waals surface area contributed by atoms with E-state index in [4.69, 9.17) is 4.74 Å². The maximum Gasteiger partial charge on any atom is 0.257 e. The first-order chi connectivity index (χ1) is 11.9. The van der Waals surface area contributed by atoms with Crippen LogP contribution in [0, 0.1) is 24.5 Å². The first-order valence-electron chi connectivity index (χ1n) is 8.32. The molecule has 0 aromatic heterocycles. The Labute approximate surface area is 146 Å². The van der Waals surface area contributed by atoms with E-state index in [2.05, 4.69) is 5.32 Å². The van der Waals surface area contributed by atoms with Gasteiger partial charge in [0.2, 0.25) is 0 Å². The van der Waals surface area contributed by atoms with Gasteiger partial charge in [0.1, 0.15) is 17.4 Å². The number of benzene rings is 2. The summed E-state index contributed by atoms with van der Waals surface area (Å²) in [6.07, 6.45) is 0.759. The molecule has 1 saturated carbocycles. The van der Waals surface area contributed by atoms with Gasteiger partial charge in [-0.15, -0.1) is 0 Å². The second-order valence-corrected chi connectivity index (χ2v) is 6.76. The van der Waals surface area contributed by atoms with Crippen LogP contribution in [0.3, 0.4) is 0 Å². The molecular weight excluding hydrogens is 324 g/mol. The number of nitrogens with one attached hydrogen (secondary N) is 1. The molecule has 2 atom stereocenters. The van der Waals surface area contributed by atoms with Crippen LogP contribution in [0.2, 0.25) is 0 Å². The van der Waals surface area contributed by atoms with Crippen molar-refractivity contribution < 1.29 is 18.3 Å². The van der Waals surface area contributed by atoms with Gasteiger partial charge < -0.3 is 10.1 Å². The van der Waals surface area contributed by atoms with Crippen LogP contribution in [0.5, 0.6) is 5.75 Å². The fourth-order valence-electron chi connectivity index (χ4n) is 3.19. The van der Waals surface area contributed by atoms with Crippen molar-refractivity contribution in [2.45, 2.75) is 25.7 Å². The number of hydrogen-bond donors (Lipinski definition) is 1. The summed E-state index contributed by atoms with van der Waals surface area (Å²) in [4.78, 5) is 12.0. The third kappa shape index (κ3) is 3.81. The van der Waals surface area contributed by atoms with E-state index in [9.17, 15) is 13.6 Å². The van der Waals surface area contributed by atoms with E-state index in [1.807, 2.05) is 26.0 Å². The maximum atomic E-state index is 14.1. The van der Waals surface area contributed by atoms with Crippen LogP contribution in [0.1, 0.15) is 24.5 Å². The number of amides is 1. The lowest BCUT2D eigenvalue weighted by molar-refractivity contribution is -0.123. The predicted molar refractivity (Wildman–Crippen MR) is 91.5 cm³/mol. The van der Waals surface area contributed by atoms with Gasteiger partial charge in [0.25, 0.3) is 5.91 Å². The van der Waals surface area contributed by atoms with E-state index in [1.54, 1.807) is 12.1 Å². The monoisotopic (exact) mass is 345 g/mol. The summed E-state index contributed by atoms with van der Waals surface area (Å²) in [5.41, 5.74) is 1.11. The number of carbonyl (C=O) groups is 1. The topological polar surface area (TPSA) is 38.3 Å². The lowest BCUT2D eigenvalue weighted by Gasteiger charge is -2.19. The molecule has 1 N–H and O–H groups in total. The van der Waals surface area contributed by atoms with Crippen LogP contribution in [0.15, 0.2) is 42.5 Å². The largest absolute Gasteiger partial charge is 0.484 e. The second kappa shape index (κ2) is 6.82. The fourth-order valence-corrected chi connectivity index (χ4v) is 3.19. The zero-order valence-corrected chi connectivity index (χ0v) is 14.3. The van der Waals surface area contributed by atoms with E-state index in [1.165, 1.54) is 12.1 Å². The van der Waals surface area contributed by atoms with Crippen LogP contribution in [0.25, 0.3) is 0 Å². The maximum absolute atomic E-state index is 14.1. The molecule has 1 aliphatic carbocycles. The summed E-state index contributed by atoms with van der Waals surface area (Å²) in [5, 5.41) is 2.81. The molecule has 0 radical (unpaired) electrons. The number of halogens is 2. The van der Waals surface area contributed by atoms with E-state index in [0.29, 0.717) is 17.9 Å². The van der Waals surface area contributed by atoms with Crippen molar-refractivity contribution >= 4 is 5.91 Å². The molecule has 5 heteroatoms. The Hall–Kier alpha value is -2.43. The minimum absolute atomic E-state index is 0.0978. The van der Waals surface area contributed by atoms with Crippen molar-refractivity contribution in [1.82, 2.24) is 5.32 Å². The lowest BCUT2D eigenvalue weighted by Crippen LogP contribution is -2.36. The molecule has 0 aliphatic heterocycles. The van der Waals surface area contributed by atoms with Crippen molar-refractivity contribution in [3.63, 3.8) is 0 Å². The number of rotatable bonds is 6. The van der Waals surface area contributed by atoms with Crippen LogP contribution < -0.4 is 10.1 Å². The Morgan fingerprint density at radius 2 is 1.92 bits per heavy atom. The minimum atomic E-state index is -0.597. The van der Waals surface area contributed by atoms with E-state index in [-0.39, 0.29) is 18.4 Å². The van der Waals surface area contributed by atoms with Crippen molar-refractivity contribution in [3.8, 4) is 5.75 Å². The van der Waals surface area contributed by atoms with Gasteiger partial charge in [-0.2, -0.15) is 0 Å². The summed E-state index contributed by atoms with van der Waals surface area (Å²) in [6.45, 7) is 4.19. The number of aryl methyl sites for hydroxylation is 1. The van der Waals surface area contributed by atoms with Gasteiger partial charge in [0.15, 0.2) is 6.61 Å². The van der Waals surface area contributed by atoms with Crippen molar-refractivity contribution in [3.05, 3.63) is 65.2 Å². The average Bonchev–Trinajstić information content (AvgIpc) is 3.23. The summed E-state index contributed by atoms with van der Waals surface area (Å²) < 4.78 is 32.7. The molecule has 0 spiro atoms. The molecule has 1 amide bonds. The third-order valence-electron chi connectivity index (χ3n) is 4.91. The molecule has 0 heterocycles. The first-order valence-corrected chi connectivity index (χ1v) is 8.32. The molecule has 1 fully saturated rings. The van der Waals surface area contributed by atoms with Gasteiger partial charge in [0.05, 0.1) is 0 Å². The van der Waals surface area contributed by atoms with Gasteiger partial charge in [0, 0.05) is 18.0 Å². The molecule has 2 unspecified atom stereocenters. The molecule has 3 nitrogen and oxygen atoms in total.